The van der Waals surface area contributed by atoms with Crippen molar-refractivity contribution in [3.8, 4) is 5.88 Å². The number of halogens is 1. The van der Waals surface area contributed by atoms with Crippen LogP contribution in [0.15, 0.2) is 64.5 Å². The number of para-hydroxylation sites is 1. The predicted octanol–water partition coefficient (Wildman–Crippen LogP) is 6.24. The molecule has 0 spiro atoms. The maximum atomic E-state index is 12.8. The van der Waals surface area contributed by atoms with Gasteiger partial charge in [0.1, 0.15) is 4.88 Å². The van der Waals surface area contributed by atoms with Gasteiger partial charge in [-0.05, 0) is 53.8 Å². The zero-order valence-electron chi connectivity index (χ0n) is 16.5. The van der Waals surface area contributed by atoms with Crippen molar-refractivity contribution in [3.63, 3.8) is 0 Å². The van der Waals surface area contributed by atoms with Gasteiger partial charge in [-0.3, -0.25) is 4.79 Å². The Labute approximate surface area is 187 Å². The summed E-state index contributed by atoms with van der Waals surface area (Å²) in [5, 5.41) is 9.34. The quantitative estimate of drug-likeness (QED) is 0.342. The number of aromatic nitrogens is 1. The highest BCUT2D eigenvalue weighted by Gasteiger charge is 2.15. The monoisotopic (exact) mass is 481 g/mol. The van der Waals surface area contributed by atoms with Crippen molar-refractivity contribution >= 4 is 55.5 Å². The van der Waals surface area contributed by atoms with Crippen LogP contribution >= 0.6 is 27.3 Å². The number of aryl methyl sites for hydroxylation is 1. The molecule has 0 atom stereocenters. The number of pyridine rings is 1. The van der Waals surface area contributed by atoms with Crippen molar-refractivity contribution in [3.05, 3.63) is 80.5 Å². The Morgan fingerprint density at radius 1 is 1.17 bits per heavy atom. The van der Waals surface area contributed by atoms with E-state index < -0.39 is 0 Å². The van der Waals surface area contributed by atoms with Crippen molar-refractivity contribution in [2.24, 2.45) is 0 Å². The number of hydrogen-bond acceptors (Lipinski definition) is 5. The van der Waals surface area contributed by atoms with E-state index in [0.717, 1.165) is 37.9 Å². The summed E-state index contributed by atoms with van der Waals surface area (Å²) in [5.74, 6) is 0.436. The zero-order valence-corrected chi connectivity index (χ0v) is 18.9. The van der Waals surface area contributed by atoms with E-state index in [1.54, 1.807) is 7.11 Å². The van der Waals surface area contributed by atoms with Gasteiger partial charge in [-0.1, -0.05) is 34.1 Å². The SMILES string of the molecule is COc1cc(CNc2ccsc2C(=O)Nc2ccc(Br)c(C)c2)c2ccccc2n1. The highest BCUT2D eigenvalue weighted by atomic mass is 79.9. The Morgan fingerprint density at radius 2 is 2.00 bits per heavy atom. The molecule has 7 heteroatoms. The summed E-state index contributed by atoms with van der Waals surface area (Å²) in [6, 6.07) is 17.5. The number of fused-ring (bicyclic) bond motifs is 1. The van der Waals surface area contributed by atoms with Crippen LogP contribution in [-0.4, -0.2) is 18.0 Å². The van der Waals surface area contributed by atoms with Crippen molar-refractivity contribution < 1.29 is 9.53 Å². The van der Waals surface area contributed by atoms with Crippen LogP contribution in [0.3, 0.4) is 0 Å². The first-order valence-corrected chi connectivity index (χ1v) is 11.0. The van der Waals surface area contributed by atoms with Crippen molar-refractivity contribution in [2.75, 3.05) is 17.7 Å². The topological polar surface area (TPSA) is 63.2 Å². The Balaban J connectivity index is 1.54. The number of hydrogen-bond donors (Lipinski definition) is 2. The zero-order chi connectivity index (χ0) is 21.1. The second kappa shape index (κ2) is 8.85. The molecule has 1 amide bonds. The fraction of sp³-hybridized carbons (Fsp3) is 0.130. The van der Waals surface area contributed by atoms with E-state index in [0.29, 0.717) is 17.3 Å². The minimum atomic E-state index is -0.133. The van der Waals surface area contributed by atoms with Gasteiger partial charge in [-0.2, -0.15) is 0 Å². The number of rotatable bonds is 6. The Hall–Kier alpha value is -2.90. The molecule has 2 N–H and O–H groups in total. The number of carbonyl (C=O) groups excluding carboxylic acids is 1. The first kappa shape index (κ1) is 20.4. The summed E-state index contributed by atoms with van der Waals surface area (Å²) in [7, 11) is 1.61. The largest absolute Gasteiger partial charge is 0.481 e. The average molecular weight is 482 g/mol. The molecular weight excluding hydrogens is 462 g/mol. The molecule has 0 saturated heterocycles. The standard InChI is InChI=1S/C23H20BrN3O2S/c1-14-11-16(7-8-18(14)24)26-23(28)22-20(9-10-30-22)25-13-15-12-21(29-2)27-19-6-4-3-5-17(15)19/h3-12,25H,13H2,1-2H3,(H,26,28). The average Bonchev–Trinajstić information content (AvgIpc) is 3.23. The van der Waals surface area contributed by atoms with Crippen LogP contribution < -0.4 is 15.4 Å². The maximum absolute atomic E-state index is 12.8. The molecule has 0 radical (unpaired) electrons. The van der Waals surface area contributed by atoms with Gasteiger partial charge in [0, 0.05) is 28.2 Å². The summed E-state index contributed by atoms with van der Waals surface area (Å²) in [6.45, 7) is 2.54. The van der Waals surface area contributed by atoms with Crippen LogP contribution in [0.5, 0.6) is 5.88 Å². The van der Waals surface area contributed by atoms with E-state index in [4.69, 9.17) is 4.74 Å². The molecule has 2 aromatic heterocycles. The first-order chi connectivity index (χ1) is 14.5. The predicted molar refractivity (Wildman–Crippen MR) is 127 cm³/mol. The fourth-order valence-electron chi connectivity index (χ4n) is 3.20. The van der Waals surface area contributed by atoms with Gasteiger partial charge in [0.25, 0.3) is 5.91 Å². The lowest BCUT2D eigenvalue weighted by molar-refractivity contribution is 0.103. The molecular formula is C23H20BrN3O2S. The molecule has 0 unspecified atom stereocenters. The molecule has 0 saturated carbocycles. The summed E-state index contributed by atoms with van der Waals surface area (Å²) >= 11 is 4.89. The van der Waals surface area contributed by atoms with E-state index in [9.17, 15) is 4.79 Å². The van der Waals surface area contributed by atoms with Crippen molar-refractivity contribution in [1.29, 1.82) is 0 Å². The normalized spacial score (nSPS) is 10.8. The van der Waals surface area contributed by atoms with Crippen molar-refractivity contribution in [2.45, 2.75) is 13.5 Å². The lowest BCUT2D eigenvalue weighted by atomic mass is 10.1. The van der Waals surface area contributed by atoms with Crippen LogP contribution in [0.25, 0.3) is 10.9 Å². The molecule has 0 aliphatic heterocycles. The molecule has 0 aliphatic rings. The van der Waals surface area contributed by atoms with Crippen LogP contribution in [0.2, 0.25) is 0 Å². The number of methoxy groups -OCH3 is 1. The molecule has 5 nitrogen and oxygen atoms in total. The fourth-order valence-corrected chi connectivity index (χ4v) is 4.21. The first-order valence-electron chi connectivity index (χ1n) is 9.36. The summed E-state index contributed by atoms with van der Waals surface area (Å²) in [4.78, 5) is 18.0. The molecule has 30 heavy (non-hydrogen) atoms. The highest BCUT2D eigenvalue weighted by Crippen LogP contribution is 2.27. The molecule has 4 rings (SSSR count). The van der Waals surface area contributed by atoms with Crippen LogP contribution in [0, 0.1) is 6.92 Å². The lowest BCUT2D eigenvalue weighted by Gasteiger charge is -2.12. The third kappa shape index (κ3) is 4.32. The van der Waals surface area contributed by atoms with Gasteiger partial charge in [-0.25, -0.2) is 4.98 Å². The Bertz CT molecular complexity index is 1220. The second-order valence-electron chi connectivity index (χ2n) is 6.78. The third-order valence-corrected chi connectivity index (χ3v) is 6.55. The van der Waals surface area contributed by atoms with Gasteiger partial charge in [0.2, 0.25) is 5.88 Å². The third-order valence-electron chi connectivity index (χ3n) is 4.74. The van der Waals surface area contributed by atoms with Crippen molar-refractivity contribution in [1.82, 2.24) is 4.98 Å². The molecule has 0 aliphatic carbocycles. The highest BCUT2D eigenvalue weighted by molar-refractivity contribution is 9.10. The number of amides is 1. The van der Waals surface area contributed by atoms with E-state index in [1.165, 1.54) is 11.3 Å². The summed E-state index contributed by atoms with van der Waals surface area (Å²) < 4.78 is 6.36. The summed E-state index contributed by atoms with van der Waals surface area (Å²) in [6.07, 6.45) is 0. The molecule has 0 bridgehead atoms. The minimum Gasteiger partial charge on any atom is -0.481 e. The maximum Gasteiger partial charge on any atom is 0.267 e. The lowest BCUT2D eigenvalue weighted by Crippen LogP contribution is -2.13. The summed E-state index contributed by atoms with van der Waals surface area (Å²) in [5.41, 5.74) is 4.56. The van der Waals surface area contributed by atoms with E-state index in [1.807, 2.05) is 66.9 Å². The second-order valence-corrected chi connectivity index (χ2v) is 8.55. The van der Waals surface area contributed by atoms with Gasteiger partial charge >= 0.3 is 0 Å². The molecule has 4 aromatic rings. The van der Waals surface area contributed by atoms with Gasteiger partial charge in [0.05, 0.1) is 18.3 Å². The van der Waals surface area contributed by atoms with Gasteiger partial charge in [-0.15, -0.1) is 11.3 Å². The number of nitrogens with one attached hydrogen (secondary N) is 2. The number of benzene rings is 2. The Kier molecular flexibility index (Phi) is 6.01. The minimum absolute atomic E-state index is 0.133. The van der Waals surface area contributed by atoms with E-state index >= 15 is 0 Å². The number of thiophene rings is 1. The number of carbonyl (C=O) groups is 1. The van der Waals surface area contributed by atoms with Crippen LogP contribution in [0.4, 0.5) is 11.4 Å². The van der Waals surface area contributed by atoms with Crippen LogP contribution in [0.1, 0.15) is 20.8 Å². The van der Waals surface area contributed by atoms with Crippen LogP contribution in [-0.2, 0) is 6.54 Å². The van der Waals surface area contributed by atoms with Gasteiger partial charge < -0.3 is 15.4 Å². The molecule has 2 aromatic carbocycles. The molecule has 0 fully saturated rings. The number of anilines is 2. The number of ether oxygens (including phenoxy) is 1. The molecule has 152 valence electrons. The van der Waals surface area contributed by atoms with E-state index in [-0.39, 0.29) is 5.91 Å². The van der Waals surface area contributed by atoms with E-state index in [2.05, 4.69) is 31.5 Å². The smallest absolute Gasteiger partial charge is 0.267 e. The number of nitrogens with zero attached hydrogens (tertiary/aromatic N) is 1. The molecule has 2 heterocycles. The Morgan fingerprint density at radius 3 is 2.80 bits per heavy atom. The van der Waals surface area contributed by atoms with Gasteiger partial charge in [0.15, 0.2) is 0 Å².